The molecule has 1 N–H and O–H groups in total. The van der Waals surface area contributed by atoms with Crippen molar-refractivity contribution in [3.05, 3.63) is 33.2 Å². The van der Waals surface area contributed by atoms with E-state index in [9.17, 15) is 14.4 Å². The van der Waals surface area contributed by atoms with Crippen molar-refractivity contribution >= 4 is 11.8 Å². The fraction of sp³-hybridized carbons (Fsp3) is 0.588. The molecule has 1 heterocycles. The summed E-state index contributed by atoms with van der Waals surface area (Å²) < 4.78 is 5.49. The molecule has 0 radical (unpaired) electrons. The Bertz CT molecular complexity index is 639. The number of nitrogens with one attached hydrogen (secondary N) is 1. The summed E-state index contributed by atoms with van der Waals surface area (Å²) in [4.78, 5) is 39.0. The highest BCUT2D eigenvalue weighted by atomic mass is 16.5. The largest absolute Gasteiger partial charge is 0.459 e. The van der Waals surface area contributed by atoms with E-state index in [1.807, 2.05) is 0 Å². The van der Waals surface area contributed by atoms with Gasteiger partial charge >= 0.3 is 5.97 Å². The van der Waals surface area contributed by atoms with Crippen molar-refractivity contribution in [3.8, 4) is 0 Å². The number of ether oxygens (including phenoxy) is 1. The second-order valence-corrected chi connectivity index (χ2v) is 6.20. The van der Waals surface area contributed by atoms with Crippen LogP contribution in [0.15, 0.2) is 10.9 Å². The number of pyridine rings is 1. The van der Waals surface area contributed by atoms with E-state index in [0.717, 1.165) is 32.1 Å². The monoisotopic (exact) mass is 303 g/mol. The van der Waals surface area contributed by atoms with E-state index in [0.29, 0.717) is 24.1 Å². The van der Waals surface area contributed by atoms with Crippen molar-refractivity contribution in [2.45, 2.75) is 63.9 Å². The van der Waals surface area contributed by atoms with Crippen LogP contribution in [-0.4, -0.2) is 22.8 Å². The van der Waals surface area contributed by atoms with Gasteiger partial charge in [0, 0.05) is 17.7 Å². The number of ketones is 1. The number of Topliss-reactive ketones (excluding diaryl/α,β-unsaturated/α-hetero) is 1. The highest BCUT2D eigenvalue weighted by molar-refractivity contribution is 6.00. The number of carbonyl (C=O) groups is 2. The second kappa shape index (κ2) is 6.46. The third-order valence-electron chi connectivity index (χ3n) is 4.55. The fourth-order valence-electron chi connectivity index (χ4n) is 3.30. The number of hydrogen-bond donors (Lipinski definition) is 1. The zero-order valence-electron chi connectivity index (χ0n) is 12.7. The molecule has 0 spiro atoms. The average Bonchev–Trinajstić information content (AvgIpc) is 2.75. The van der Waals surface area contributed by atoms with Gasteiger partial charge in [-0.05, 0) is 44.6 Å². The van der Waals surface area contributed by atoms with Crippen LogP contribution in [0, 0.1) is 0 Å². The smallest absolute Gasteiger partial charge is 0.344 e. The van der Waals surface area contributed by atoms with Crippen LogP contribution in [0.1, 0.15) is 77.8 Å². The lowest BCUT2D eigenvalue weighted by Gasteiger charge is -2.17. The Balaban J connectivity index is 1.81. The molecule has 0 saturated heterocycles. The van der Waals surface area contributed by atoms with E-state index >= 15 is 0 Å². The first-order valence-corrected chi connectivity index (χ1v) is 8.15. The van der Waals surface area contributed by atoms with Gasteiger partial charge in [0.15, 0.2) is 5.78 Å². The van der Waals surface area contributed by atoms with Gasteiger partial charge in [0.05, 0.1) is 0 Å². The van der Waals surface area contributed by atoms with Crippen molar-refractivity contribution < 1.29 is 14.3 Å². The summed E-state index contributed by atoms with van der Waals surface area (Å²) in [6.45, 7) is 0. The standard InChI is InChI=1S/C17H21NO4/c19-15-9-5-8-14-12(15)10-13(16(20)18-14)17(21)22-11-6-3-1-2-4-7-11/h10-11H,1-9H2,(H,18,20). The Labute approximate surface area is 129 Å². The zero-order chi connectivity index (χ0) is 15.5. The minimum Gasteiger partial charge on any atom is -0.459 e. The highest BCUT2D eigenvalue weighted by Crippen LogP contribution is 2.22. The molecule has 5 nitrogen and oxygen atoms in total. The first kappa shape index (κ1) is 15.0. The summed E-state index contributed by atoms with van der Waals surface area (Å²) in [7, 11) is 0. The Hall–Kier alpha value is -1.91. The number of hydrogen-bond acceptors (Lipinski definition) is 4. The molecule has 1 aromatic heterocycles. The van der Waals surface area contributed by atoms with Gasteiger partial charge in [-0.3, -0.25) is 9.59 Å². The highest BCUT2D eigenvalue weighted by Gasteiger charge is 2.24. The van der Waals surface area contributed by atoms with Crippen molar-refractivity contribution in [1.29, 1.82) is 0 Å². The summed E-state index contributed by atoms with van der Waals surface area (Å²) in [5.74, 6) is -0.615. The molecular formula is C17H21NO4. The van der Waals surface area contributed by atoms with Crippen LogP contribution < -0.4 is 5.56 Å². The van der Waals surface area contributed by atoms with Crippen molar-refractivity contribution in [1.82, 2.24) is 4.98 Å². The van der Waals surface area contributed by atoms with E-state index in [-0.39, 0.29) is 17.5 Å². The maximum absolute atomic E-state index is 12.3. The molecule has 3 rings (SSSR count). The molecule has 22 heavy (non-hydrogen) atoms. The van der Waals surface area contributed by atoms with Gasteiger partial charge in [-0.15, -0.1) is 0 Å². The molecule has 2 aliphatic carbocycles. The first-order valence-electron chi connectivity index (χ1n) is 8.15. The van der Waals surface area contributed by atoms with Crippen LogP contribution in [-0.2, 0) is 11.2 Å². The maximum Gasteiger partial charge on any atom is 0.344 e. The summed E-state index contributed by atoms with van der Waals surface area (Å²) in [6.07, 6.45) is 7.93. The van der Waals surface area contributed by atoms with Crippen LogP contribution in [0.2, 0.25) is 0 Å². The van der Waals surface area contributed by atoms with Crippen molar-refractivity contribution in [3.63, 3.8) is 0 Å². The number of aromatic nitrogens is 1. The Morgan fingerprint density at radius 2 is 1.77 bits per heavy atom. The molecule has 1 fully saturated rings. The molecule has 118 valence electrons. The van der Waals surface area contributed by atoms with Crippen LogP contribution in [0.25, 0.3) is 0 Å². The molecule has 0 unspecified atom stereocenters. The predicted molar refractivity (Wildman–Crippen MR) is 81.2 cm³/mol. The molecule has 0 amide bonds. The first-order chi connectivity index (χ1) is 10.6. The summed E-state index contributed by atoms with van der Waals surface area (Å²) >= 11 is 0. The summed E-state index contributed by atoms with van der Waals surface area (Å²) in [5, 5.41) is 0. The van der Waals surface area contributed by atoms with Gasteiger partial charge in [-0.25, -0.2) is 4.79 Å². The molecule has 5 heteroatoms. The van der Waals surface area contributed by atoms with E-state index < -0.39 is 11.5 Å². The predicted octanol–water partition coefficient (Wildman–Crippen LogP) is 2.77. The second-order valence-electron chi connectivity index (χ2n) is 6.20. The van der Waals surface area contributed by atoms with Gasteiger partial charge in [-0.1, -0.05) is 12.8 Å². The van der Waals surface area contributed by atoms with Gasteiger partial charge in [0.25, 0.3) is 5.56 Å². The van der Waals surface area contributed by atoms with E-state index in [1.54, 1.807) is 0 Å². The van der Waals surface area contributed by atoms with Crippen LogP contribution >= 0.6 is 0 Å². The maximum atomic E-state index is 12.3. The minimum atomic E-state index is -0.602. The third-order valence-corrected chi connectivity index (χ3v) is 4.55. The molecule has 1 saturated carbocycles. The Kier molecular flexibility index (Phi) is 4.41. The third kappa shape index (κ3) is 3.13. The zero-order valence-corrected chi connectivity index (χ0v) is 12.7. The average molecular weight is 303 g/mol. The van der Waals surface area contributed by atoms with Gasteiger partial charge < -0.3 is 9.72 Å². The lowest BCUT2D eigenvalue weighted by Crippen LogP contribution is -2.27. The van der Waals surface area contributed by atoms with Crippen LogP contribution in [0.4, 0.5) is 0 Å². The number of H-pyrrole nitrogens is 1. The van der Waals surface area contributed by atoms with Gasteiger partial charge in [-0.2, -0.15) is 0 Å². The van der Waals surface area contributed by atoms with Crippen LogP contribution in [0.3, 0.4) is 0 Å². The molecule has 1 aromatic rings. The molecule has 2 aliphatic rings. The topological polar surface area (TPSA) is 76.2 Å². The minimum absolute atomic E-state index is 0.0129. The van der Waals surface area contributed by atoms with Gasteiger partial charge in [0.2, 0.25) is 0 Å². The Morgan fingerprint density at radius 1 is 1.05 bits per heavy atom. The number of carbonyl (C=O) groups excluding carboxylic acids is 2. The molecule has 0 aliphatic heterocycles. The Morgan fingerprint density at radius 3 is 2.50 bits per heavy atom. The lowest BCUT2D eigenvalue weighted by molar-refractivity contribution is 0.0265. The molecule has 0 bridgehead atoms. The number of fused-ring (bicyclic) bond motifs is 1. The molecule has 0 aromatic carbocycles. The van der Waals surface area contributed by atoms with Gasteiger partial charge in [0.1, 0.15) is 11.7 Å². The van der Waals surface area contributed by atoms with Crippen molar-refractivity contribution in [2.24, 2.45) is 0 Å². The molecule has 0 atom stereocenters. The van der Waals surface area contributed by atoms with Crippen molar-refractivity contribution in [2.75, 3.05) is 0 Å². The van der Waals surface area contributed by atoms with Crippen LogP contribution in [0.5, 0.6) is 0 Å². The van der Waals surface area contributed by atoms with E-state index in [4.69, 9.17) is 4.74 Å². The number of aromatic amines is 1. The molecular weight excluding hydrogens is 282 g/mol. The SMILES string of the molecule is O=C1CCCc2[nH]c(=O)c(C(=O)OC3CCCCCC3)cc21. The number of esters is 1. The summed E-state index contributed by atoms with van der Waals surface area (Å²) in [6, 6.07) is 1.43. The lowest BCUT2D eigenvalue weighted by atomic mass is 9.94. The van der Waals surface area contributed by atoms with E-state index in [1.165, 1.54) is 18.9 Å². The number of aryl methyl sites for hydroxylation is 1. The van der Waals surface area contributed by atoms with E-state index in [2.05, 4.69) is 4.98 Å². The summed E-state index contributed by atoms with van der Waals surface area (Å²) in [5.41, 5.74) is 0.622. The fourth-order valence-corrected chi connectivity index (χ4v) is 3.30. The normalized spacial score (nSPS) is 19.4. The quantitative estimate of drug-likeness (QED) is 0.673. The number of rotatable bonds is 2.